The van der Waals surface area contributed by atoms with Crippen LogP contribution in [0.25, 0.3) is 0 Å². The molecule has 318 valence electrons. The molecule has 4 aliphatic carbocycles. The first kappa shape index (κ1) is 43.8. The van der Waals surface area contributed by atoms with Gasteiger partial charge in [0, 0.05) is 0 Å². The Labute approximate surface area is 325 Å². The van der Waals surface area contributed by atoms with Crippen LogP contribution in [-0.4, -0.2) is 150 Å². The van der Waals surface area contributed by atoms with E-state index >= 15 is 0 Å². The van der Waals surface area contributed by atoms with E-state index < -0.39 is 107 Å². The number of aliphatic hydroxyl groups excluding tert-OH is 9. The number of hydrogen-bond acceptors (Lipinski definition) is 14. The average molecular weight is 787 g/mol. The minimum Gasteiger partial charge on any atom is -0.394 e. The van der Waals surface area contributed by atoms with Crippen LogP contribution in [0.1, 0.15) is 99.8 Å². The van der Waals surface area contributed by atoms with Gasteiger partial charge in [-0.25, -0.2) is 0 Å². The second kappa shape index (κ2) is 15.7. The number of aliphatic hydroxyl groups is 10. The van der Waals surface area contributed by atoms with Gasteiger partial charge >= 0.3 is 0 Å². The summed E-state index contributed by atoms with van der Waals surface area (Å²) >= 11 is 0. The number of allylic oxidation sites excluding steroid dienone is 1. The molecule has 4 saturated carbocycles. The quantitative estimate of drug-likeness (QED) is 0.109. The fraction of sp³-hybridized carbons (Fsp3) is 0.951. The Kier molecular flexibility index (Phi) is 12.5. The standard InChI is InChI=1S/C41H70O14/c1-20(17-42)9-8-12-41(7,51)21-10-14-39(5)28(21)22(44)15-26-38(4)13-11-27(46)37(2,3)34(38)24(16-40(26,39)6)53-36-33(31(49)30(48)25(18-43)54-36)55-35-32(50)29(47)23(45)19-52-35/h9,21-36,42-51H,8,10-19H2,1-7H3/b20-9-/t21-,22+,23+,24-,25+,26+,27-,28-,29-,30+,31-,32+,33+,34-,35-,36+,38+,39+,40+,41-/m0/s1. The number of ether oxygens (including phenoxy) is 4. The van der Waals surface area contributed by atoms with Crippen LogP contribution >= 0.6 is 0 Å². The third-order valence-electron chi connectivity index (χ3n) is 16.3. The fourth-order valence-corrected chi connectivity index (χ4v) is 13.1. The lowest BCUT2D eigenvalue weighted by atomic mass is 9.34. The van der Waals surface area contributed by atoms with Crippen LogP contribution in [0, 0.1) is 45.3 Å². The highest BCUT2D eigenvalue weighted by molar-refractivity contribution is 5.22. The predicted molar refractivity (Wildman–Crippen MR) is 198 cm³/mol. The van der Waals surface area contributed by atoms with Crippen LogP contribution < -0.4 is 0 Å². The normalized spacial score (nSPS) is 52.5. The molecule has 0 spiro atoms. The van der Waals surface area contributed by atoms with Crippen LogP contribution in [0.5, 0.6) is 0 Å². The summed E-state index contributed by atoms with van der Waals surface area (Å²) in [4.78, 5) is 0. The van der Waals surface area contributed by atoms with Crippen LogP contribution in [-0.2, 0) is 18.9 Å². The van der Waals surface area contributed by atoms with E-state index in [1.807, 2.05) is 33.8 Å². The van der Waals surface area contributed by atoms with Gasteiger partial charge < -0.3 is 70.0 Å². The molecule has 6 fully saturated rings. The van der Waals surface area contributed by atoms with E-state index in [2.05, 4.69) is 20.8 Å². The molecular weight excluding hydrogens is 716 g/mol. The topological polar surface area (TPSA) is 239 Å². The third kappa shape index (κ3) is 7.19. The van der Waals surface area contributed by atoms with Crippen LogP contribution in [0.2, 0.25) is 0 Å². The number of fused-ring (bicyclic) bond motifs is 5. The molecule has 6 aliphatic rings. The lowest BCUT2D eigenvalue weighted by molar-refractivity contribution is -0.377. The maximum Gasteiger partial charge on any atom is 0.187 e. The summed E-state index contributed by atoms with van der Waals surface area (Å²) in [6.45, 7) is 13.5. The summed E-state index contributed by atoms with van der Waals surface area (Å²) in [5, 5.41) is 109. The molecule has 6 rings (SSSR count). The van der Waals surface area contributed by atoms with E-state index in [4.69, 9.17) is 18.9 Å². The zero-order valence-corrected chi connectivity index (χ0v) is 33.7. The monoisotopic (exact) mass is 786 g/mol. The van der Waals surface area contributed by atoms with Gasteiger partial charge in [-0.15, -0.1) is 0 Å². The first-order valence-corrected chi connectivity index (χ1v) is 20.5. The molecule has 2 heterocycles. The highest BCUT2D eigenvalue weighted by Crippen LogP contribution is 2.76. The molecule has 2 saturated heterocycles. The Bertz CT molecular complexity index is 1380. The molecule has 0 amide bonds. The van der Waals surface area contributed by atoms with Gasteiger partial charge in [0.05, 0.1) is 43.7 Å². The van der Waals surface area contributed by atoms with Gasteiger partial charge in [0.15, 0.2) is 12.6 Å². The molecule has 0 bridgehead atoms. The Morgan fingerprint density at radius 1 is 0.836 bits per heavy atom. The van der Waals surface area contributed by atoms with Crippen molar-refractivity contribution < 1.29 is 70.0 Å². The van der Waals surface area contributed by atoms with Crippen molar-refractivity contribution in [2.75, 3.05) is 19.8 Å². The third-order valence-corrected chi connectivity index (χ3v) is 16.3. The van der Waals surface area contributed by atoms with Crippen molar-refractivity contribution in [3.05, 3.63) is 11.6 Å². The van der Waals surface area contributed by atoms with Gasteiger partial charge in [0.1, 0.15) is 42.7 Å². The smallest absolute Gasteiger partial charge is 0.187 e. The molecule has 55 heavy (non-hydrogen) atoms. The summed E-state index contributed by atoms with van der Waals surface area (Å²) < 4.78 is 24.8. The van der Waals surface area contributed by atoms with E-state index in [0.717, 1.165) is 18.4 Å². The molecule has 10 N–H and O–H groups in total. The van der Waals surface area contributed by atoms with Gasteiger partial charge in [-0.3, -0.25) is 0 Å². The van der Waals surface area contributed by atoms with E-state index in [0.29, 0.717) is 38.5 Å². The Hall–Kier alpha value is -0.820. The Morgan fingerprint density at radius 2 is 1.53 bits per heavy atom. The maximum atomic E-state index is 12.2. The fourth-order valence-electron chi connectivity index (χ4n) is 13.1. The van der Waals surface area contributed by atoms with Gasteiger partial charge in [0.2, 0.25) is 0 Å². The highest BCUT2D eigenvalue weighted by atomic mass is 16.8. The second-order valence-corrected chi connectivity index (χ2v) is 19.8. The lowest BCUT2D eigenvalue weighted by Crippen LogP contribution is -2.71. The largest absolute Gasteiger partial charge is 0.394 e. The minimum atomic E-state index is -1.69. The van der Waals surface area contributed by atoms with Crippen molar-refractivity contribution in [3.8, 4) is 0 Å². The highest BCUT2D eigenvalue weighted by Gasteiger charge is 2.73. The Balaban J connectivity index is 1.37. The molecule has 0 aromatic heterocycles. The molecule has 0 aromatic carbocycles. The zero-order valence-electron chi connectivity index (χ0n) is 33.7. The molecule has 20 atom stereocenters. The van der Waals surface area contributed by atoms with Gasteiger partial charge in [-0.05, 0) is 111 Å². The zero-order chi connectivity index (χ0) is 40.6. The van der Waals surface area contributed by atoms with Crippen LogP contribution in [0.4, 0.5) is 0 Å². The molecule has 0 radical (unpaired) electrons. The van der Waals surface area contributed by atoms with Crippen LogP contribution in [0.3, 0.4) is 0 Å². The number of hydrogen-bond donors (Lipinski definition) is 10. The molecule has 14 heteroatoms. The SMILES string of the molecule is C/C(=C/CC[C@](C)(O)[C@H]1CC[C@]2(C)[C@@H]1[C@H](O)C[C@@H]1[C@@]3(C)CC[C@H](O)C(C)(C)[C@@H]3[C@@H](O[C@@H]3O[C@H](CO)[C@@H](O)[C@H](O)[C@H]3O[C@@H]3OC[C@@H](O)[C@H](O)[C@H]3O)C[C@]12C)CO. The van der Waals surface area contributed by atoms with Crippen molar-refractivity contribution in [1.29, 1.82) is 0 Å². The van der Waals surface area contributed by atoms with Crippen molar-refractivity contribution in [2.45, 2.75) is 179 Å². The van der Waals surface area contributed by atoms with Crippen LogP contribution in [0.15, 0.2) is 11.6 Å². The van der Waals surface area contributed by atoms with Crippen molar-refractivity contribution in [3.63, 3.8) is 0 Å². The molecule has 0 unspecified atom stereocenters. The number of rotatable bonds is 10. The van der Waals surface area contributed by atoms with Gasteiger partial charge in [0.25, 0.3) is 0 Å². The van der Waals surface area contributed by atoms with E-state index in [9.17, 15) is 51.1 Å². The molecule has 0 aromatic rings. The minimum absolute atomic E-state index is 0.0161. The lowest BCUT2D eigenvalue weighted by Gasteiger charge is -2.72. The van der Waals surface area contributed by atoms with E-state index in [1.54, 1.807) is 0 Å². The summed E-state index contributed by atoms with van der Waals surface area (Å²) in [7, 11) is 0. The summed E-state index contributed by atoms with van der Waals surface area (Å²) in [5.41, 5.74) is -2.25. The second-order valence-electron chi connectivity index (χ2n) is 19.8. The van der Waals surface area contributed by atoms with Crippen molar-refractivity contribution >= 4 is 0 Å². The van der Waals surface area contributed by atoms with E-state index in [-0.39, 0.29) is 36.9 Å². The predicted octanol–water partition coefficient (Wildman–Crippen LogP) is 0.731. The summed E-state index contributed by atoms with van der Waals surface area (Å²) in [6.07, 6.45) is -8.73. The van der Waals surface area contributed by atoms with Gasteiger partial charge in [-0.1, -0.05) is 46.3 Å². The first-order valence-electron chi connectivity index (χ1n) is 20.5. The average Bonchev–Trinajstić information content (AvgIpc) is 3.51. The van der Waals surface area contributed by atoms with Gasteiger partial charge in [-0.2, -0.15) is 0 Å². The van der Waals surface area contributed by atoms with Crippen molar-refractivity contribution in [1.82, 2.24) is 0 Å². The van der Waals surface area contributed by atoms with Crippen molar-refractivity contribution in [2.24, 2.45) is 45.3 Å². The molecular formula is C41H70O14. The maximum absolute atomic E-state index is 12.2. The summed E-state index contributed by atoms with van der Waals surface area (Å²) in [5.74, 6) is -0.674. The summed E-state index contributed by atoms with van der Waals surface area (Å²) in [6, 6.07) is 0. The Morgan fingerprint density at radius 3 is 2.18 bits per heavy atom. The van der Waals surface area contributed by atoms with E-state index in [1.165, 1.54) is 0 Å². The molecule has 14 nitrogen and oxygen atoms in total. The first-order chi connectivity index (χ1) is 25.6. The molecule has 2 aliphatic heterocycles.